The summed E-state index contributed by atoms with van der Waals surface area (Å²) in [6.45, 7) is 4.96. The van der Waals surface area contributed by atoms with Gasteiger partial charge in [-0.3, -0.25) is 4.79 Å². The number of benzene rings is 1. The number of carbonyl (C=O) groups excluding carboxylic acids is 2. The van der Waals surface area contributed by atoms with Gasteiger partial charge in [0.05, 0.1) is 17.9 Å². The van der Waals surface area contributed by atoms with Crippen molar-refractivity contribution in [3.63, 3.8) is 0 Å². The molecule has 0 fully saturated rings. The van der Waals surface area contributed by atoms with Crippen LogP contribution in [0.2, 0.25) is 0 Å². The van der Waals surface area contributed by atoms with Crippen LogP contribution >= 0.6 is 0 Å². The molecule has 0 saturated heterocycles. The van der Waals surface area contributed by atoms with Gasteiger partial charge in [-0.25, -0.2) is 4.79 Å². The lowest BCUT2D eigenvalue weighted by Crippen LogP contribution is -2.14. The van der Waals surface area contributed by atoms with Crippen LogP contribution in [0.25, 0.3) is 10.9 Å². The first-order chi connectivity index (χ1) is 10.2. The first-order valence-corrected chi connectivity index (χ1v) is 7.52. The van der Waals surface area contributed by atoms with Gasteiger partial charge in [0.2, 0.25) is 0 Å². The van der Waals surface area contributed by atoms with E-state index in [0.717, 1.165) is 41.5 Å². The smallest absolute Gasteiger partial charge is 0.338 e. The maximum absolute atomic E-state index is 12.2. The molecule has 0 atom stereocenters. The van der Waals surface area contributed by atoms with Crippen LogP contribution in [-0.2, 0) is 17.7 Å². The maximum atomic E-state index is 12.2. The fraction of sp³-hybridized carbons (Fsp3) is 0.412. The molecule has 21 heavy (non-hydrogen) atoms. The van der Waals surface area contributed by atoms with Crippen LogP contribution in [0.15, 0.2) is 18.2 Å². The minimum absolute atomic E-state index is 0.215. The third-order valence-corrected chi connectivity index (χ3v) is 4.09. The fourth-order valence-electron chi connectivity index (χ4n) is 3.21. The molecule has 3 rings (SSSR count). The second-order valence-corrected chi connectivity index (χ2v) is 5.30. The van der Waals surface area contributed by atoms with E-state index in [4.69, 9.17) is 4.74 Å². The van der Waals surface area contributed by atoms with Gasteiger partial charge < -0.3 is 9.30 Å². The lowest BCUT2D eigenvalue weighted by atomic mass is 9.94. The molecule has 0 unspecified atom stereocenters. The van der Waals surface area contributed by atoms with E-state index in [0.29, 0.717) is 18.6 Å². The van der Waals surface area contributed by atoms with Gasteiger partial charge in [0, 0.05) is 23.9 Å². The van der Waals surface area contributed by atoms with Gasteiger partial charge in [0.25, 0.3) is 0 Å². The highest BCUT2D eigenvalue weighted by atomic mass is 16.5. The van der Waals surface area contributed by atoms with Crippen LogP contribution in [-0.4, -0.2) is 22.9 Å². The summed E-state index contributed by atoms with van der Waals surface area (Å²) in [5, 5.41) is 1.02. The number of fused-ring (bicyclic) bond motifs is 3. The van der Waals surface area contributed by atoms with Crippen LogP contribution < -0.4 is 0 Å². The predicted molar refractivity (Wildman–Crippen MR) is 80.8 cm³/mol. The van der Waals surface area contributed by atoms with Gasteiger partial charge in [0.1, 0.15) is 0 Å². The average molecular weight is 285 g/mol. The van der Waals surface area contributed by atoms with E-state index in [1.54, 1.807) is 13.0 Å². The Balaban J connectivity index is 2.22. The zero-order chi connectivity index (χ0) is 15.0. The summed E-state index contributed by atoms with van der Waals surface area (Å²) in [6, 6.07) is 5.58. The van der Waals surface area contributed by atoms with E-state index >= 15 is 0 Å². The zero-order valence-corrected chi connectivity index (χ0v) is 12.4. The fourth-order valence-corrected chi connectivity index (χ4v) is 3.21. The number of aromatic nitrogens is 1. The summed E-state index contributed by atoms with van der Waals surface area (Å²) in [7, 11) is 0. The number of aryl methyl sites for hydroxylation is 2. The molecule has 0 aliphatic heterocycles. The monoisotopic (exact) mass is 285 g/mol. The van der Waals surface area contributed by atoms with Crippen molar-refractivity contribution in [1.29, 1.82) is 0 Å². The normalized spacial score (nSPS) is 14.3. The van der Waals surface area contributed by atoms with Gasteiger partial charge in [0.15, 0.2) is 5.78 Å². The summed E-state index contributed by atoms with van der Waals surface area (Å²) in [4.78, 5) is 24.1. The van der Waals surface area contributed by atoms with Gasteiger partial charge in [-0.15, -0.1) is 0 Å². The highest BCUT2D eigenvalue weighted by molar-refractivity contribution is 6.05. The Morgan fingerprint density at radius 2 is 2.10 bits per heavy atom. The maximum Gasteiger partial charge on any atom is 0.338 e. The molecule has 4 heteroatoms. The number of nitrogens with zero attached hydrogens (tertiary/aromatic N) is 1. The highest BCUT2D eigenvalue weighted by Crippen LogP contribution is 2.32. The molecule has 110 valence electrons. The summed E-state index contributed by atoms with van der Waals surface area (Å²) in [5.74, 6) is -0.0912. The number of ketones is 1. The van der Waals surface area contributed by atoms with Crippen molar-refractivity contribution < 1.29 is 14.3 Å². The molecule has 1 aromatic carbocycles. The SMILES string of the molecule is CCOC(=O)c1ccc2c(c1)c1c(n2CC)C(=O)CCC1. The minimum Gasteiger partial charge on any atom is -0.462 e. The Hall–Kier alpha value is -2.10. The van der Waals surface area contributed by atoms with Crippen molar-refractivity contribution >= 4 is 22.7 Å². The van der Waals surface area contributed by atoms with Gasteiger partial charge >= 0.3 is 5.97 Å². The number of Topliss-reactive ketones (excluding diaryl/α,β-unsaturated/α-hetero) is 1. The number of hydrogen-bond donors (Lipinski definition) is 0. The summed E-state index contributed by atoms with van der Waals surface area (Å²) < 4.78 is 7.13. The zero-order valence-electron chi connectivity index (χ0n) is 12.4. The molecule has 1 aliphatic carbocycles. The molecular weight excluding hydrogens is 266 g/mol. The lowest BCUT2D eigenvalue weighted by molar-refractivity contribution is 0.0526. The molecule has 0 N–H and O–H groups in total. The second-order valence-electron chi connectivity index (χ2n) is 5.30. The summed E-state index contributed by atoms with van der Waals surface area (Å²) in [5.41, 5.74) is 3.51. The van der Waals surface area contributed by atoms with E-state index < -0.39 is 0 Å². The Morgan fingerprint density at radius 1 is 1.29 bits per heavy atom. The largest absolute Gasteiger partial charge is 0.462 e. The topological polar surface area (TPSA) is 48.3 Å². The quantitative estimate of drug-likeness (QED) is 0.812. The average Bonchev–Trinajstić information content (AvgIpc) is 2.82. The molecule has 0 saturated carbocycles. The predicted octanol–water partition coefficient (Wildman–Crippen LogP) is 3.36. The summed E-state index contributed by atoms with van der Waals surface area (Å²) in [6.07, 6.45) is 2.41. The molecule has 1 aromatic heterocycles. The molecule has 0 amide bonds. The molecule has 4 nitrogen and oxygen atoms in total. The van der Waals surface area contributed by atoms with Gasteiger partial charge in [-0.05, 0) is 50.5 Å². The molecule has 0 bridgehead atoms. The van der Waals surface area contributed by atoms with E-state index in [9.17, 15) is 9.59 Å². The molecule has 1 aliphatic rings. The minimum atomic E-state index is -0.306. The number of rotatable bonds is 3. The van der Waals surface area contributed by atoms with Crippen LogP contribution in [0, 0.1) is 0 Å². The standard InChI is InChI=1S/C17H19NO3/c1-3-18-14-9-8-11(17(20)21-4-2)10-13(14)12-6-5-7-15(19)16(12)18/h8-10H,3-7H2,1-2H3. The first-order valence-electron chi connectivity index (χ1n) is 7.52. The number of carbonyl (C=O) groups is 2. The van der Waals surface area contributed by atoms with E-state index in [2.05, 4.69) is 4.57 Å². The van der Waals surface area contributed by atoms with Crippen LogP contribution in [0.5, 0.6) is 0 Å². The number of esters is 1. The van der Waals surface area contributed by atoms with Crippen molar-refractivity contribution in [3.8, 4) is 0 Å². The lowest BCUT2D eigenvalue weighted by Gasteiger charge is -2.13. The van der Waals surface area contributed by atoms with Gasteiger partial charge in [-0.2, -0.15) is 0 Å². The first kappa shape index (κ1) is 13.9. The molecule has 2 aromatic rings. The number of hydrogen-bond acceptors (Lipinski definition) is 3. The van der Waals surface area contributed by atoms with Crippen molar-refractivity contribution in [1.82, 2.24) is 4.57 Å². The Kier molecular flexibility index (Phi) is 3.53. The molecule has 1 heterocycles. The van der Waals surface area contributed by atoms with E-state index in [1.165, 1.54) is 0 Å². The Bertz CT molecular complexity index is 727. The van der Waals surface area contributed by atoms with Crippen LogP contribution in [0.3, 0.4) is 0 Å². The highest BCUT2D eigenvalue weighted by Gasteiger charge is 2.25. The molecule has 0 spiro atoms. The van der Waals surface area contributed by atoms with Crippen molar-refractivity contribution in [2.24, 2.45) is 0 Å². The van der Waals surface area contributed by atoms with Crippen molar-refractivity contribution in [2.45, 2.75) is 39.7 Å². The van der Waals surface area contributed by atoms with E-state index in [-0.39, 0.29) is 11.8 Å². The second kappa shape index (κ2) is 5.35. The van der Waals surface area contributed by atoms with Crippen LogP contribution in [0.4, 0.5) is 0 Å². The van der Waals surface area contributed by atoms with Crippen molar-refractivity contribution in [2.75, 3.05) is 6.61 Å². The van der Waals surface area contributed by atoms with Gasteiger partial charge in [-0.1, -0.05) is 0 Å². The van der Waals surface area contributed by atoms with Crippen molar-refractivity contribution in [3.05, 3.63) is 35.0 Å². The van der Waals surface area contributed by atoms with E-state index in [1.807, 2.05) is 19.1 Å². The molecular formula is C17H19NO3. The molecule has 0 radical (unpaired) electrons. The number of ether oxygens (including phenoxy) is 1. The summed E-state index contributed by atoms with van der Waals surface area (Å²) >= 11 is 0. The Morgan fingerprint density at radius 3 is 2.81 bits per heavy atom. The Labute approximate surface area is 123 Å². The third kappa shape index (κ3) is 2.15. The third-order valence-electron chi connectivity index (χ3n) is 4.09. The van der Waals surface area contributed by atoms with Crippen LogP contribution in [0.1, 0.15) is 53.1 Å².